The number of hydrogen-bond acceptors (Lipinski definition) is 0. The van der Waals surface area contributed by atoms with E-state index in [-0.39, 0.29) is 7.25 Å². The molecule has 47 heavy (non-hydrogen) atoms. The molecule has 2 atom stereocenters. The van der Waals surface area contributed by atoms with Gasteiger partial charge >= 0.3 is 293 Å². The van der Waals surface area contributed by atoms with Crippen molar-refractivity contribution in [2.75, 3.05) is 0 Å². The number of aryl methyl sites for hydroxylation is 3. The Morgan fingerprint density at radius 1 is 0.638 bits per heavy atom. The Morgan fingerprint density at radius 2 is 1.32 bits per heavy atom. The van der Waals surface area contributed by atoms with Crippen LogP contribution in [0.25, 0.3) is 45.2 Å². The molecule has 2 unspecified atom stereocenters. The van der Waals surface area contributed by atoms with E-state index in [0.29, 0.717) is 5.92 Å². The summed E-state index contributed by atoms with van der Waals surface area (Å²) in [7, 11) is 17.4. The van der Waals surface area contributed by atoms with Gasteiger partial charge in [0.1, 0.15) is 0 Å². The summed E-state index contributed by atoms with van der Waals surface area (Å²) in [6, 6.07) is 33.8. The number of hydrogen-bond donors (Lipinski definition) is 0. The van der Waals surface area contributed by atoms with Gasteiger partial charge < -0.3 is 0 Å². The fourth-order valence-corrected chi connectivity index (χ4v) is 41.0. The van der Waals surface area contributed by atoms with Gasteiger partial charge in [-0.15, -0.1) is 0 Å². The molecule has 5 aromatic rings. The van der Waals surface area contributed by atoms with Crippen LogP contribution in [0, 0.1) is 26.7 Å². The van der Waals surface area contributed by atoms with Gasteiger partial charge in [0.05, 0.1) is 0 Å². The summed E-state index contributed by atoms with van der Waals surface area (Å²) in [4.78, 5) is 0. The van der Waals surface area contributed by atoms with E-state index in [4.69, 9.17) is 17.0 Å². The van der Waals surface area contributed by atoms with Crippen LogP contribution < -0.4 is 0 Å². The van der Waals surface area contributed by atoms with Crippen molar-refractivity contribution in [2.45, 2.75) is 61.9 Å². The first kappa shape index (κ1) is 33.0. The van der Waals surface area contributed by atoms with Gasteiger partial charge in [0, 0.05) is 0 Å². The number of allylic oxidation sites excluding steroid dienone is 2. The monoisotopic (exact) mass is 749 g/mol. The first-order chi connectivity index (χ1) is 22.3. The second-order valence-corrected chi connectivity index (χ2v) is 57.3. The molecule has 0 nitrogen and oxygen atoms in total. The Balaban J connectivity index is 1.47. The van der Waals surface area contributed by atoms with Crippen LogP contribution in [-0.2, 0) is 15.6 Å². The molecule has 0 heterocycles. The molecule has 0 aromatic heterocycles. The Labute approximate surface area is 290 Å². The molecule has 0 bridgehead atoms. The van der Waals surface area contributed by atoms with Crippen molar-refractivity contribution >= 4 is 45.9 Å². The normalized spacial score (nSPS) is 18.3. The average molecular weight is 752 g/mol. The van der Waals surface area contributed by atoms with E-state index >= 15 is 0 Å². The number of benzene rings is 5. The molecule has 0 N–H and O–H groups in total. The first-order valence-electron chi connectivity index (χ1n) is 17.1. The Bertz CT molecular complexity index is 2150. The molecule has 2 aliphatic carbocycles. The molecule has 0 radical (unpaired) electrons. The Kier molecular flexibility index (Phi) is 8.32. The molecule has 0 amide bonds. The Hall–Kier alpha value is -2.48. The van der Waals surface area contributed by atoms with E-state index in [1.165, 1.54) is 83.1 Å². The zero-order valence-corrected chi connectivity index (χ0v) is 34.0. The van der Waals surface area contributed by atoms with Gasteiger partial charge in [-0.25, -0.2) is 0 Å². The van der Waals surface area contributed by atoms with Gasteiger partial charge in [0.15, 0.2) is 0 Å². The second-order valence-electron chi connectivity index (χ2n) is 14.8. The maximum absolute atomic E-state index is 8.70. The zero-order valence-electron chi connectivity index (χ0n) is 28.9. The SMILES string of the molecule is CC1=Cc2c(-c3cccc4ccccc34)ccc(C)c2[CH]1[Zr]([Cl])([Cl])([CH]1C(C(C)C)=Cc2c(-c3ccc(C)c(C)c3)cccc21)[SiH](C)C. The number of halogens is 2. The first-order valence-corrected chi connectivity index (χ1v) is 33.4. The van der Waals surface area contributed by atoms with Gasteiger partial charge in [0.2, 0.25) is 0 Å². The van der Waals surface area contributed by atoms with Crippen LogP contribution in [0.15, 0.2) is 102 Å². The Morgan fingerprint density at radius 3 is 2.04 bits per heavy atom. The van der Waals surface area contributed by atoms with E-state index in [1.54, 1.807) is 0 Å². The number of rotatable bonds is 6. The minimum absolute atomic E-state index is 0.0692. The summed E-state index contributed by atoms with van der Waals surface area (Å²) in [5.41, 5.74) is 17.2. The van der Waals surface area contributed by atoms with Crippen molar-refractivity contribution in [3.8, 4) is 22.3 Å². The third-order valence-electron chi connectivity index (χ3n) is 11.5. The molecular weight excluding hydrogens is 707 g/mol. The molecular formula is C43H45Cl2SiZr. The molecule has 0 fully saturated rings. The van der Waals surface area contributed by atoms with Crippen LogP contribution in [0.2, 0.25) is 13.1 Å². The molecule has 0 saturated carbocycles. The summed E-state index contributed by atoms with van der Waals surface area (Å²) in [5.74, 6) is -1.31. The van der Waals surface area contributed by atoms with Crippen molar-refractivity contribution in [1.29, 1.82) is 0 Å². The van der Waals surface area contributed by atoms with Gasteiger partial charge in [-0.3, -0.25) is 0 Å². The van der Waals surface area contributed by atoms with Crippen molar-refractivity contribution in [3.63, 3.8) is 0 Å². The molecule has 4 heteroatoms. The predicted molar refractivity (Wildman–Crippen MR) is 208 cm³/mol. The van der Waals surface area contributed by atoms with E-state index in [2.05, 4.69) is 158 Å². The van der Waals surface area contributed by atoms with Gasteiger partial charge in [0.25, 0.3) is 0 Å². The molecule has 0 aliphatic heterocycles. The average Bonchev–Trinajstić information content (AvgIpc) is 3.63. The topological polar surface area (TPSA) is 0 Å². The molecule has 0 spiro atoms. The van der Waals surface area contributed by atoms with Crippen LogP contribution in [-0.4, -0.2) is 5.92 Å². The second kappa shape index (κ2) is 11.8. The van der Waals surface area contributed by atoms with Gasteiger partial charge in [-0.1, -0.05) is 0 Å². The third-order valence-corrected chi connectivity index (χ3v) is 63.4. The van der Waals surface area contributed by atoms with Crippen molar-refractivity contribution in [2.24, 2.45) is 5.92 Å². The quantitative estimate of drug-likeness (QED) is 0.152. The van der Waals surface area contributed by atoms with Gasteiger partial charge in [-0.05, 0) is 0 Å². The fourth-order valence-electron chi connectivity index (χ4n) is 8.76. The van der Waals surface area contributed by atoms with Crippen LogP contribution in [0.1, 0.15) is 67.0 Å². The minimum atomic E-state index is -4.87. The third kappa shape index (κ3) is 5.00. The molecule has 0 saturated heterocycles. The van der Waals surface area contributed by atoms with Gasteiger partial charge in [-0.2, -0.15) is 0 Å². The summed E-state index contributed by atoms with van der Waals surface area (Å²) in [5, 5.41) is 2.54. The van der Waals surface area contributed by atoms with Crippen LogP contribution in [0.4, 0.5) is 0 Å². The van der Waals surface area contributed by atoms with E-state index < -0.39 is 21.5 Å². The molecule has 239 valence electrons. The molecule has 5 aromatic carbocycles. The number of fused-ring (bicyclic) bond motifs is 3. The van der Waals surface area contributed by atoms with Crippen molar-refractivity contribution < 1.29 is 15.6 Å². The molecule has 7 rings (SSSR count). The maximum atomic E-state index is 8.70. The summed E-state index contributed by atoms with van der Waals surface area (Å²) in [6.07, 6.45) is 4.93. The predicted octanol–water partition coefficient (Wildman–Crippen LogP) is 13.3. The summed E-state index contributed by atoms with van der Waals surface area (Å²) >= 11 is -4.87. The van der Waals surface area contributed by atoms with E-state index in [1.807, 2.05) is 0 Å². The standard InChI is InChI=1S/C21H17.C20H21.C2H7Si.2ClH.Zr/c1-14-12-20-15(2)10-11-19(21(20)13-14)18-9-5-7-16-6-3-4-8-17(16)18;1-13(2)18-11-16-6-5-7-19(20(16)12-18)17-9-8-14(3)15(4)10-17;1-3-2;;;/h3-13H,1-2H3;5-13H,1-4H3;3H,1-2H3;2*1H;/q;;;;;+2/p-2. The van der Waals surface area contributed by atoms with Crippen LogP contribution in [0.5, 0.6) is 0 Å². The van der Waals surface area contributed by atoms with Crippen molar-refractivity contribution in [3.05, 3.63) is 141 Å². The fraction of sp³-hybridized carbons (Fsp3) is 0.256. The van der Waals surface area contributed by atoms with Crippen LogP contribution in [0.3, 0.4) is 0 Å². The zero-order chi connectivity index (χ0) is 33.4. The van der Waals surface area contributed by atoms with E-state index in [9.17, 15) is 0 Å². The van der Waals surface area contributed by atoms with Crippen LogP contribution >= 0.6 is 17.0 Å². The van der Waals surface area contributed by atoms with Crippen molar-refractivity contribution in [1.82, 2.24) is 0 Å². The molecule has 2 aliphatic rings. The summed E-state index contributed by atoms with van der Waals surface area (Å²) in [6.45, 7) is 18.5. The summed E-state index contributed by atoms with van der Waals surface area (Å²) < 4.78 is 0.146. The van der Waals surface area contributed by atoms with E-state index in [0.717, 1.165) is 0 Å².